The average Bonchev–Trinajstić information content (AvgIpc) is 2.38. The molecule has 0 saturated heterocycles. The Balaban J connectivity index is 3.40. The van der Waals surface area contributed by atoms with Crippen molar-refractivity contribution in [3.63, 3.8) is 0 Å². The number of carbonyl (C=O) groups excluding carboxylic acids is 1. The zero-order chi connectivity index (χ0) is 16.2. The highest BCUT2D eigenvalue weighted by molar-refractivity contribution is 6.16. The Morgan fingerprint density at radius 3 is 2.48 bits per heavy atom. The molecular weight excluding hydrogens is 325 g/mol. The summed E-state index contributed by atoms with van der Waals surface area (Å²) in [6.07, 6.45) is -9.12. The SMILES string of the molecule is COC(=O)Cc1c(C(F)F)cc(CCl)nc1OC(F)(F)F. The highest BCUT2D eigenvalue weighted by Crippen LogP contribution is 2.33. The largest absolute Gasteiger partial charge is 0.574 e. The summed E-state index contributed by atoms with van der Waals surface area (Å²) in [6.45, 7) is 0. The molecule has 0 aliphatic heterocycles. The fourth-order valence-corrected chi connectivity index (χ4v) is 1.61. The molecule has 21 heavy (non-hydrogen) atoms. The van der Waals surface area contributed by atoms with Gasteiger partial charge in [0.25, 0.3) is 6.43 Å². The van der Waals surface area contributed by atoms with Gasteiger partial charge in [-0.05, 0) is 6.07 Å². The maximum atomic E-state index is 13.0. The second-order valence-corrected chi connectivity index (χ2v) is 3.99. The number of halogens is 6. The van der Waals surface area contributed by atoms with E-state index in [4.69, 9.17) is 11.6 Å². The number of nitrogens with zero attached hydrogens (tertiary/aromatic N) is 1. The summed E-state index contributed by atoms with van der Waals surface area (Å²) in [5.41, 5.74) is -1.74. The molecule has 0 aliphatic rings. The standard InChI is InChI=1S/C11H9ClF5NO3/c1-20-8(19)3-7-6(9(13)14)2-5(4-12)18-10(7)21-11(15,16)17/h2,9H,3-4H2,1H3. The fraction of sp³-hybridized carbons (Fsp3) is 0.455. The molecule has 0 spiro atoms. The number of hydrogen-bond acceptors (Lipinski definition) is 4. The summed E-state index contributed by atoms with van der Waals surface area (Å²) >= 11 is 5.40. The maximum absolute atomic E-state index is 13.0. The van der Waals surface area contributed by atoms with E-state index in [1.54, 1.807) is 0 Å². The maximum Gasteiger partial charge on any atom is 0.574 e. The second-order valence-electron chi connectivity index (χ2n) is 3.72. The van der Waals surface area contributed by atoms with E-state index in [0.717, 1.165) is 13.2 Å². The van der Waals surface area contributed by atoms with Gasteiger partial charge in [-0.3, -0.25) is 4.79 Å². The van der Waals surface area contributed by atoms with Crippen LogP contribution in [0.25, 0.3) is 0 Å². The number of pyridine rings is 1. The van der Waals surface area contributed by atoms with Crippen LogP contribution in [0.1, 0.15) is 23.2 Å². The van der Waals surface area contributed by atoms with E-state index in [9.17, 15) is 26.7 Å². The quantitative estimate of drug-likeness (QED) is 0.471. The van der Waals surface area contributed by atoms with Crippen LogP contribution in [0.4, 0.5) is 22.0 Å². The minimum atomic E-state index is -5.15. The van der Waals surface area contributed by atoms with Crippen molar-refractivity contribution in [1.29, 1.82) is 0 Å². The van der Waals surface area contributed by atoms with Crippen molar-refractivity contribution in [2.75, 3.05) is 7.11 Å². The Labute approximate surface area is 120 Å². The summed E-state index contributed by atoms with van der Waals surface area (Å²) in [4.78, 5) is 14.6. The van der Waals surface area contributed by atoms with Crippen LogP contribution in [-0.2, 0) is 21.8 Å². The van der Waals surface area contributed by atoms with Crippen LogP contribution in [0.2, 0.25) is 0 Å². The van der Waals surface area contributed by atoms with E-state index in [2.05, 4.69) is 14.5 Å². The molecule has 0 bridgehead atoms. The van der Waals surface area contributed by atoms with Crippen molar-refractivity contribution in [3.05, 3.63) is 22.9 Å². The predicted octanol–water partition coefficient (Wildman–Crippen LogP) is 3.37. The summed E-state index contributed by atoms with van der Waals surface area (Å²) in [7, 11) is 0.967. The number of esters is 1. The molecule has 0 amide bonds. The summed E-state index contributed by atoms with van der Waals surface area (Å²) in [5.74, 6) is -2.54. The van der Waals surface area contributed by atoms with Crippen LogP contribution in [-0.4, -0.2) is 24.4 Å². The monoisotopic (exact) mass is 333 g/mol. The molecule has 1 heterocycles. The Morgan fingerprint density at radius 1 is 1.43 bits per heavy atom. The summed E-state index contributed by atoms with van der Waals surface area (Å²) in [5, 5.41) is 0. The van der Waals surface area contributed by atoms with Crippen molar-refractivity contribution in [3.8, 4) is 5.88 Å². The first kappa shape index (κ1) is 17.4. The predicted molar refractivity (Wildman–Crippen MR) is 61.2 cm³/mol. The van der Waals surface area contributed by atoms with Crippen molar-refractivity contribution < 1.29 is 36.2 Å². The third-order valence-electron chi connectivity index (χ3n) is 2.31. The first-order chi connectivity index (χ1) is 9.67. The Kier molecular flexibility index (Phi) is 5.70. The number of ether oxygens (including phenoxy) is 2. The third-order valence-corrected chi connectivity index (χ3v) is 2.58. The normalized spacial score (nSPS) is 11.6. The zero-order valence-corrected chi connectivity index (χ0v) is 11.3. The number of carbonyl (C=O) groups is 1. The Bertz CT molecular complexity index is 521. The molecule has 0 aliphatic carbocycles. The molecule has 0 fully saturated rings. The lowest BCUT2D eigenvalue weighted by molar-refractivity contribution is -0.276. The zero-order valence-electron chi connectivity index (χ0n) is 10.5. The number of rotatable bonds is 5. The Morgan fingerprint density at radius 2 is 2.05 bits per heavy atom. The molecule has 118 valence electrons. The van der Waals surface area contributed by atoms with E-state index in [-0.39, 0.29) is 5.69 Å². The van der Waals surface area contributed by atoms with E-state index in [0.29, 0.717) is 0 Å². The second kappa shape index (κ2) is 6.88. The molecule has 0 unspecified atom stereocenters. The van der Waals surface area contributed by atoms with Crippen molar-refractivity contribution in [2.24, 2.45) is 0 Å². The molecule has 0 saturated carbocycles. The number of hydrogen-bond donors (Lipinski definition) is 0. The topological polar surface area (TPSA) is 48.4 Å². The van der Waals surface area contributed by atoms with Crippen molar-refractivity contribution in [2.45, 2.75) is 25.1 Å². The van der Waals surface area contributed by atoms with Gasteiger partial charge in [0.2, 0.25) is 5.88 Å². The van der Waals surface area contributed by atoms with Gasteiger partial charge >= 0.3 is 12.3 Å². The van der Waals surface area contributed by atoms with Crippen molar-refractivity contribution in [1.82, 2.24) is 4.98 Å². The van der Waals surface area contributed by atoms with Crippen LogP contribution >= 0.6 is 11.6 Å². The lowest BCUT2D eigenvalue weighted by atomic mass is 10.1. The molecule has 0 atom stereocenters. The van der Waals surface area contributed by atoms with Gasteiger partial charge in [-0.1, -0.05) is 0 Å². The molecule has 1 aromatic heterocycles. The molecule has 0 aromatic carbocycles. The van der Waals surface area contributed by atoms with Crippen LogP contribution in [0, 0.1) is 0 Å². The number of aromatic nitrogens is 1. The molecule has 10 heteroatoms. The van der Waals surface area contributed by atoms with Crippen molar-refractivity contribution >= 4 is 17.6 Å². The molecular formula is C11H9ClF5NO3. The molecule has 1 aromatic rings. The van der Waals surface area contributed by atoms with Crippen LogP contribution in [0.15, 0.2) is 6.07 Å². The minimum Gasteiger partial charge on any atom is -0.469 e. The highest BCUT2D eigenvalue weighted by Gasteiger charge is 2.35. The summed E-state index contributed by atoms with van der Waals surface area (Å²) < 4.78 is 70.7. The van der Waals surface area contributed by atoms with E-state index in [1.165, 1.54) is 0 Å². The van der Waals surface area contributed by atoms with Gasteiger partial charge in [0, 0.05) is 11.1 Å². The van der Waals surface area contributed by atoms with Gasteiger partial charge in [0.1, 0.15) is 0 Å². The lowest BCUT2D eigenvalue weighted by Gasteiger charge is -2.16. The minimum absolute atomic E-state index is 0.236. The highest BCUT2D eigenvalue weighted by atomic mass is 35.5. The molecule has 1 rings (SSSR count). The number of alkyl halides is 6. The van der Waals surface area contributed by atoms with E-state index >= 15 is 0 Å². The van der Waals surface area contributed by atoms with Crippen LogP contribution < -0.4 is 4.74 Å². The van der Waals surface area contributed by atoms with Gasteiger partial charge in [-0.15, -0.1) is 24.8 Å². The van der Waals surface area contributed by atoms with Gasteiger partial charge in [-0.2, -0.15) is 0 Å². The van der Waals surface area contributed by atoms with Crippen LogP contribution in [0.3, 0.4) is 0 Å². The summed E-state index contributed by atoms with van der Waals surface area (Å²) in [6, 6.07) is 0.819. The average molecular weight is 334 g/mol. The smallest absolute Gasteiger partial charge is 0.469 e. The Hall–Kier alpha value is -1.64. The molecule has 4 nitrogen and oxygen atoms in total. The van der Waals surface area contributed by atoms with Gasteiger partial charge in [0.05, 0.1) is 25.1 Å². The van der Waals surface area contributed by atoms with E-state index in [1.807, 2.05) is 0 Å². The van der Waals surface area contributed by atoms with Gasteiger partial charge in [-0.25, -0.2) is 13.8 Å². The molecule has 0 N–H and O–H groups in total. The molecule has 0 radical (unpaired) electrons. The van der Waals surface area contributed by atoms with Gasteiger partial charge in [0.15, 0.2) is 0 Å². The van der Waals surface area contributed by atoms with E-state index < -0.39 is 48.1 Å². The van der Waals surface area contributed by atoms with Crippen LogP contribution in [0.5, 0.6) is 5.88 Å². The fourth-order valence-electron chi connectivity index (χ4n) is 1.47. The first-order valence-corrected chi connectivity index (χ1v) is 5.90. The van der Waals surface area contributed by atoms with Gasteiger partial charge < -0.3 is 9.47 Å². The first-order valence-electron chi connectivity index (χ1n) is 5.37. The number of methoxy groups -OCH3 is 1. The third kappa shape index (κ3) is 5.00. The lowest BCUT2D eigenvalue weighted by Crippen LogP contribution is -2.21.